The predicted molar refractivity (Wildman–Crippen MR) is 71.5 cm³/mol. The van der Waals surface area contributed by atoms with E-state index in [0.717, 1.165) is 18.8 Å². The number of nitrogens with zero attached hydrogens (tertiary/aromatic N) is 2. The molecular weight excluding hydrogens is 252 g/mol. The lowest BCUT2D eigenvalue weighted by molar-refractivity contribution is 0.364. The Morgan fingerprint density at radius 2 is 2.00 bits per heavy atom. The van der Waals surface area contributed by atoms with Gasteiger partial charge in [0.1, 0.15) is 4.90 Å². The van der Waals surface area contributed by atoms with Crippen molar-refractivity contribution in [2.45, 2.75) is 31.8 Å². The highest BCUT2D eigenvalue weighted by Gasteiger charge is 2.18. The number of hydrogen-bond acceptors (Lipinski definition) is 4. The Morgan fingerprint density at radius 3 is 2.50 bits per heavy atom. The monoisotopic (exact) mass is 274 g/mol. The Bertz CT molecular complexity index is 479. The van der Waals surface area contributed by atoms with Crippen LogP contribution in [0.1, 0.15) is 19.5 Å². The highest BCUT2D eigenvalue weighted by Crippen LogP contribution is 2.14. The molecule has 0 fully saturated rings. The third-order valence-electron chi connectivity index (χ3n) is 2.47. The van der Waals surface area contributed by atoms with Gasteiger partial charge in [-0.05, 0) is 19.5 Å². The number of aromatic nitrogens is 1. The lowest BCUT2D eigenvalue weighted by Gasteiger charge is -2.10. The lowest BCUT2D eigenvalue weighted by Crippen LogP contribution is -2.35. The van der Waals surface area contributed by atoms with Crippen LogP contribution in [0.25, 0.3) is 0 Å². The van der Waals surface area contributed by atoms with Crippen molar-refractivity contribution >= 4 is 10.0 Å². The van der Waals surface area contributed by atoms with E-state index >= 15 is 0 Å². The smallest absolute Gasteiger partial charge is 0.254 e. The average molecular weight is 274 g/mol. The summed E-state index contributed by atoms with van der Waals surface area (Å²) < 4.78 is 26.0. The van der Waals surface area contributed by atoms with Gasteiger partial charge in [-0.3, -0.25) is 0 Å². The Morgan fingerprint density at radius 1 is 1.33 bits per heavy atom. The number of rotatable bonds is 7. The quantitative estimate of drug-likeness (QED) is 0.705. The molecular formula is C11H22N4O2S. The van der Waals surface area contributed by atoms with E-state index in [4.69, 9.17) is 0 Å². The van der Waals surface area contributed by atoms with Crippen molar-refractivity contribution in [1.82, 2.24) is 19.7 Å². The minimum absolute atomic E-state index is 0.297. The fourth-order valence-electron chi connectivity index (χ4n) is 1.66. The molecule has 0 aliphatic carbocycles. The van der Waals surface area contributed by atoms with E-state index in [2.05, 4.69) is 10.1 Å². The third kappa shape index (κ3) is 3.81. The first-order valence-corrected chi connectivity index (χ1v) is 7.48. The molecule has 1 rings (SSSR count). The summed E-state index contributed by atoms with van der Waals surface area (Å²) in [5, 5.41) is 4.62. The average Bonchev–Trinajstić information content (AvgIpc) is 2.68. The summed E-state index contributed by atoms with van der Waals surface area (Å²) in [6.07, 6.45) is 1.67. The standard InChI is InChI=1S/C11H22N4O2S/c1-5-12-8-10-7-11(9-15(10)6-2)18(16,17)13-14(3)4/h7,9,12-13H,5-6,8H2,1-4H3. The largest absolute Gasteiger partial charge is 0.349 e. The van der Waals surface area contributed by atoms with Crippen molar-refractivity contribution in [2.75, 3.05) is 20.6 Å². The molecule has 0 saturated heterocycles. The summed E-state index contributed by atoms with van der Waals surface area (Å²) >= 11 is 0. The van der Waals surface area contributed by atoms with Crippen LogP contribution in [0.2, 0.25) is 0 Å². The van der Waals surface area contributed by atoms with Gasteiger partial charge in [0.15, 0.2) is 0 Å². The van der Waals surface area contributed by atoms with Crippen molar-refractivity contribution in [2.24, 2.45) is 0 Å². The second-order valence-corrected chi connectivity index (χ2v) is 5.88. The van der Waals surface area contributed by atoms with Crippen molar-refractivity contribution in [3.63, 3.8) is 0 Å². The zero-order chi connectivity index (χ0) is 13.8. The van der Waals surface area contributed by atoms with Crippen LogP contribution < -0.4 is 10.1 Å². The zero-order valence-corrected chi connectivity index (χ0v) is 12.2. The van der Waals surface area contributed by atoms with Gasteiger partial charge in [-0.2, -0.15) is 0 Å². The lowest BCUT2D eigenvalue weighted by atomic mass is 10.4. The van der Waals surface area contributed by atoms with Gasteiger partial charge < -0.3 is 9.88 Å². The van der Waals surface area contributed by atoms with E-state index < -0.39 is 10.0 Å². The first-order valence-electron chi connectivity index (χ1n) is 6.00. The molecule has 0 aromatic carbocycles. The molecule has 0 saturated carbocycles. The summed E-state index contributed by atoms with van der Waals surface area (Å²) in [4.78, 5) is 2.73. The molecule has 0 radical (unpaired) electrons. The SMILES string of the molecule is CCNCc1cc(S(=O)(=O)NN(C)C)cn1CC. The molecule has 1 heterocycles. The predicted octanol–water partition coefficient (Wildman–Crippen LogP) is 0.372. The summed E-state index contributed by atoms with van der Waals surface area (Å²) in [7, 11) is -0.176. The maximum absolute atomic E-state index is 12.0. The molecule has 1 aromatic heterocycles. The fourth-order valence-corrected chi connectivity index (χ4v) is 2.80. The highest BCUT2D eigenvalue weighted by atomic mass is 32.2. The van der Waals surface area contributed by atoms with Crippen LogP contribution in [0.5, 0.6) is 0 Å². The number of hydrogen-bond donors (Lipinski definition) is 2. The van der Waals surface area contributed by atoms with E-state index in [-0.39, 0.29) is 0 Å². The number of nitrogens with one attached hydrogen (secondary N) is 2. The summed E-state index contributed by atoms with van der Waals surface area (Å²) in [5.74, 6) is 0. The topological polar surface area (TPSA) is 66.4 Å². The Hall–Kier alpha value is -0.890. The van der Waals surface area contributed by atoms with Gasteiger partial charge in [0, 0.05) is 39.1 Å². The Balaban J connectivity index is 3.00. The van der Waals surface area contributed by atoms with Crippen molar-refractivity contribution in [3.05, 3.63) is 18.0 Å². The van der Waals surface area contributed by atoms with E-state index in [0.29, 0.717) is 11.4 Å². The molecule has 0 aliphatic rings. The van der Waals surface area contributed by atoms with Crippen molar-refractivity contribution in [1.29, 1.82) is 0 Å². The summed E-state index contributed by atoms with van der Waals surface area (Å²) in [6.45, 7) is 6.28. The molecule has 18 heavy (non-hydrogen) atoms. The summed E-state index contributed by atoms with van der Waals surface area (Å²) in [5.41, 5.74) is 0.971. The van der Waals surface area contributed by atoms with Crippen LogP contribution in [-0.4, -0.2) is 38.6 Å². The molecule has 0 amide bonds. The molecule has 0 atom stereocenters. The molecule has 2 N–H and O–H groups in total. The first kappa shape index (κ1) is 15.2. The molecule has 0 bridgehead atoms. The molecule has 6 nitrogen and oxygen atoms in total. The maximum Gasteiger partial charge on any atom is 0.254 e. The highest BCUT2D eigenvalue weighted by molar-refractivity contribution is 7.89. The van der Waals surface area contributed by atoms with Gasteiger partial charge in [-0.25, -0.2) is 13.4 Å². The van der Waals surface area contributed by atoms with Crippen LogP contribution >= 0.6 is 0 Å². The first-order chi connectivity index (χ1) is 8.40. The molecule has 0 aliphatic heterocycles. The number of hydrazine groups is 1. The van der Waals surface area contributed by atoms with E-state index in [9.17, 15) is 8.42 Å². The second-order valence-electron chi connectivity index (χ2n) is 4.22. The van der Waals surface area contributed by atoms with Gasteiger partial charge in [-0.1, -0.05) is 6.92 Å². The number of aryl methyl sites for hydroxylation is 1. The minimum atomic E-state index is -3.47. The summed E-state index contributed by atoms with van der Waals surface area (Å²) in [6, 6.07) is 1.71. The van der Waals surface area contributed by atoms with Crippen LogP contribution in [0, 0.1) is 0 Å². The molecule has 7 heteroatoms. The zero-order valence-electron chi connectivity index (χ0n) is 11.4. The van der Waals surface area contributed by atoms with Crippen LogP contribution in [-0.2, 0) is 23.1 Å². The normalized spacial score (nSPS) is 12.3. The van der Waals surface area contributed by atoms with Gasteiger partial charge in [-0.15, -0.1) is 4.83 Å². The Kier molecular flexibility index (Phi) is 5.33. The van der Waals surface area contributed by atoms with Gasteiger partial charge in [0.05, 0.1) is 0 Å². The minimum Gasteiger partial charge on any atom is -0.349 e. The van der Waals surface area contributed by atoms with Crippen LogP contribution in [0.4, 0.5) is 0 Å². The van der Waals surface area contributed by atoms with E-state index in [1.54, 1.807) is 26.4 Å². The van der Waals surface area contributed by atoms with Gasteiger partial charge in [0.25, 0.3) is 10.0 Å². The number of sulfonamides is 1. The fraction of sp³-hybridized carbons (Fsp3) is 0.636. The Labute approximate surface area is 109 Å². The van der Waals surface area contributed by atoms with Crippen molar-refractivity contribution < 1.29 is 8.42 Å². The molecule has 1 aromatic rings. The third-order valence-corrected chi connectivity index (χ3v) is 3.92. The van der Waals surface area contributed by atoms with Gasteiger partial charge >= 0.3 is 0 Å². The van der Waals surface area contributed by atoms with E-state index in [1.807, 2.05) is 18.4 Å². The van der Waals surface area contributed by atoms with Crippen molar-refractivity contribution in [3.8, 4) is 0 Å². The van der Waals surface area contributed by atoms with Crippen LogP contribution in [0.3, 0.4) is 0 Å². The molecule has 104 valence electrons. The maximum atomic E-state index is 12.0. The van der Waals surface area contributed by atoms with Crippen LogP contribution in [0.15, 0.2) is 17.2 Å². The molecule has 0 spiro atoms. The van der Waals surface area contributed by atoms with E-state index in [1.165, 1.54) is 5.01 Å². The van der Waals surface area contributed by atoms with Gasteiger partial charge in [0.2, 0.25) is 0 Å². The molecule has 0 unspecified atom stereocenters. The second kappa shape index (κ2) is 6.33.